The van der Waals surface area contributed by atoms with E-state index in [1.807, 2.05) is 24.5 Å². The van der Waals surface area contributed by atoms with Crippen molar-refractivity contribution < 1.29 is 4.79 Å². The molecule has 1 aromatic heterocycles. The Morgan fingerprint density at radius 1 is 1.37 bits per heavy atom. The molecule has 4 heteroatoms. The topological polar surface area (TPSA) is 37.3 Å². The second kappa shape index (κ2) is 6.24. The first-order valence-electron chi connectivity index (χ1n) is 7.25. The van der Waals surface area contributed by atoms with Gasteiger partial charge in [0.2, 0.25) is 5.91 Å². The van der Waals surface area contributed by atoms with E-state index in [0.717, 1.165) is 39.0 Å². The molecule has 106 valence electrons. The zero-order valence-corrected chi connectivity index (χ0v) is 12.1. The summed E-state index contributed by atoms with van der Waals surface area (Å²) in [5.74, 6) is 0.206. The number of likely N-dealkylation sites (tertiary alicyclic amines) is 1. The van der Waals surface area contributed by atoms with E-state index < -0.39 is 0 Å². The molecule has 1 fully saturated rings. The number of amides is 1. The average Bonchev–Trinajstić information content (AvgIpc) is 2.91. The second-order valence-corrected chi connectivity index (χ2v) is 5.71. The highest BCUT2D eigenvalue weighted by Crippen LogP contribution is 2.29. The fourth-order valence-corrected chi connectivity index (χ4v) is 2.83. The van der Waals surface area contributed by atoms with E-state index in [1.165, 1.54) is 0 Å². The van der Waals surface area contributed by atoms with Crippen LogP contribution in [0.3, 0.4) is 0 Å². The van der Waals surface area contributed by atoms with Gasteiger partial charge in [-0.05, 0) is 45.0 Å². The first kappa shape index (κ1) is 14.1. The van der Waals surface area contributed by atoms with E-state index in [0.29, 0.717) is 6.54 Å². The Hall–Kier alpha value is -1.29. The van der Waals surface area contributed by atoms with Gasteiger partial charge in [-0.25, -0.2) is 0 Å². The maximum Gasteiger partial charge on any atom is 0.227 e. The van der Waals surface area contributed by atoms with Crippen molar-refractivity contribution in [3.05, 3.63) is 24.5 Å². The number of carbonyl (C=O) groups excluding carboxylic acids is 1. The molecule has 1 aromatic rings. The fraction of sp³-hybridized carbons (Fsp3) is 0.667. The molecule has 0 spiro atoms. The van der Waals surface area contributed by atoms with Crippen LogP contribution < -0.4 is 5.32 Å². The van der Waals surface area contributed by atoms with E-state index in [-0.39, 0.29) is 11.3 Å². The Labute approximate surface area is 115 Å². The minimum atomic E-state index is -0.217. The van der Waals surface area contributed by atoms with Gasteiger partial charge in [0, 0.05) is 32.0 Å². The lowest BCUT2D eigenvalue weighted by molar-refractivity contribution is -0.133. The van der Waals surface area contributed by atoms with Crippen molar-refractivity contribution >= 4 is 5.91 Å². The van der Waals surface area contributed by atoms with Crippen LogP contribution >= 0.6 is 0 Å². The van der Waals surface area contributed by atoms with E-state index >= 15 is 0 Å². The SMILES string of the molecule is CCN1CCC[C@@](C)(C(=O)NCCn2cccc2)C1. The number of carbonyl (C=O) groups is 1. The molecule has 0 saturated carbocycles. The summed E-state index contributed by atoms with van der Waals surface area (Å²) in [7, 11) is 0. The van der Waals surface area contributed by atoms with Gasteiger partial charge in [0.1, 0.15) is 0 Å². The van der Waals surface area contributed by atoms with Crippen molar-refractivity contribution in [1.29, 1.82) is 0 Å². The van der Waals surface area contributed by atoms with Crippen molar-refractivity contribution in [1.82, 2.24) is 14.8 Å². The third-order valence-corrected chi connectivity index (χ3v) is 4.09. The van der Waals surface area contributed by atoms with Crippen molar-refractivity contribution in [3.8, 4) is 0 Å². The number of hydrogen-bond donors (Lipinski definition) is 1. The molecule has 4 nitrogen and oxygen atoms in total. The molecule has 0 bridgehead atoms. The molecule has 1 N–H and O–H groups in total. The van der Waals surface area contributed by atoms with Crippen LogP contribution in [0.15, 0.2) is 24.5 Å². The Morgan fingerprint density at radius 3 is 2.79 bits per heavy atom. The third kappa shape index (κ3) is 3.60. The molecule has 2 rings (SSSR count). The van der Waals surface area contributed by atoms with Gasteiger partial charge in [-0.3, -0.25) is 4.79 Å². The van der Waals surface area contributed by atoms with Crippen LogP contribution in [0.25, 0.3) is 0 Å². The molecule has 1 aliphatic rings. The number of piperidine rings is 1. The zero-order chi connectivity index (χ0) is 13.7. The zero-order valence-electron chi connectivity index (χ0n) is 12.1. The van der Waals surface area contributed by atoms with Crippen LogP contribution in [0.4, 0.5) is 0 Å². The van der Waals surface area contributed by atoms with Gasteiger partial charge in [-0.2, -0.15) is 0 Å². The molecule has 19 heavy (non-hydrogen) atoms. The molecule has 0 radical (unpaired) electrons. The number of rotatable bonds is 5. The molecule has 1 atom stereocenters. The van der Waals surface area contributed by atoms with Gasteiger partial charge >= 0.3 is 0 Å². The highest BCUT2D eigenvalue weighted by molar-refractivity contribution is 5.82. The Balaban J connectivity index is 1.81. The van der Waals surface area contributed by atoms with E-state index in [4.69, 9.17) is 0 Å². The summed E-state index contributed by atoms with van der Waals surface area (Å²) in [4.78, 5) is 14.7. The van der Waals surface area contributed by atoms with Crippen molar-refractivity contribution in [2.45, 2.75) is 33.2 Å². The smallest absolute Gasteiger partial charge is 0.227 e. The quantitative estimate of drug-likeness (QED) is 0.878. The summed E-state index contributed by atoms with van der Waals surface area (Å²) in [6.07, 6.45) is 6.16. The Bertz CT molecular complexity index is 402. The molecular formula is C15H25N3O. The van der Waals surface area contributed by atoms with Crippen LogP contribution in [0, 0.1) is 5.41 Å². The minimum Gasteiger partial charge on any atom is -0.354 e. The standard InChI is InChI=1S/C15H25N3O/c1-3-17-11-6-7-15(2,13-17)14(19)16-8-12-18-9-4-5-10-18/h4-5,9-10H,3,6-8,11-13H2,1-2H3,(H,16,19)/t15-/m1/s1. The molecule has 2 heterocycles. The predicted octanol–water partition coefficient (Wildman–Crippen LogP) is 1.73. The maximum absolute atomic E-state index is 12.4. The first-order chi connectivity index (χ1) is 9.14. The fourth-order valence-electron chi connectivity index (χ4n) is 2.83. The maximum atomic E-state index is 12.4. The molecule has 0 unspecified atom stereocenters. The number of aromatic nitrogens is 1. The summed E-state index contributed by atoms with van der Waals surface area (Å²) in [6.45, 7) is 8.85. The molecule has 0 aliphatic carbocycles. The summed E-state index contributed by atoms with van der Waals surface area (Å²) in [5.41, 5.74) is -0.217. The normalized spacial score (nSPS) is 24.3. The largest absolute Gasteiger partial charge is 0.354 e. The van der Waals surface area contributed by atoms with Crippen LogP contribution in [0.2, 0.25) is 0 Å². The second-order valence-electron chi connectivity index (χ2n) is 5.71. The lowest BCUT2D eigenvalue weighted by Crippen LogP contribution is -2.50. The summed E-state index contributed by atoms with van der Waals surface area (Å²) >= 11 is 0. The minimum absolute atomic E-state index is 0.206. The summed E-state index contributed by atoms with van der Waals surface area (Å²) < 4.78 is 2.09. The van der Waals surface area contributed by atoms with E-state index in [2.05, 4.69) is 28.6 Å². The summed E-state index contributed by atoms with van der Waals surface area (Å²) in [6, 6.07) is 4.01. The van der Waals surface area contributed by atoms with Gasteiger partial charge in [-0.15, -0.1) is 0 Å². The molecular weight excluding hydrogens is 238 g/mol. The third-order valence-electron chi connectivity index (χ3n) is 4.09. The summed E-state index contributed by atoms with van der Waals surface area (Å²) in [5, 5.41) is 3.09. The van der Waals surface area contributed by atoms with Gasteiger partial charge in [0.05, 0.1) is 5.41 Å². The van der Waals surface area contributed by atoms with E-state index in [9.17, 15) is 4.79 Å². The highest BCUT2D eigenvalue weighted by atomic mass is 16.2. The number of nitrogens with one attached hydrogen (secondary N) is 1. The average molecular weight is 263 g/mol. The monoisotopic (exact) mass is 263 g/mol. The highest BCUT2D eigenvalue weighted by Gasteiger charge is 2.36. The van der Waals surface area contributed by atoms with E-state index in [1.54, 1.807) is 0 Å². The Kier molecular flexibility index (Phi) is 4.64. The van der Waals surface area contributed by atoms with Gasteiger partial charge in [0.25, 0.3) is 0 Å². The number of hydrogen-bond acceptors (Lipinski definition) is 2. The molecule has 0 aromatic carbocycles. The lowest BCUT2D eigenvalue weighted by Gasteiger charge is -2.38. The van der Waals surface area contributed by atoms with Crippen LogP contribution in [-0.4, -0.2) is 41.6 Å². The van der Waals surface area contributed by atoms with Crippen molar-refractivity contribution in [3.63, 3.8) is 0 Å². The van der Waals surface area contributed by atoms with Crippen LogP contribution in [-0.2, 0) is 11.3 Å². The van der Waals surface area contributed by atoms with Gasteiger partial charge in [0.15, 0.2) is 0 Å². The van der Waals surface area contributed by atoms with Gasteiger partial charge in [-0.1, -0.05) is 6.92 Å². The van der Waals surface area contributed by atoms with Crippen LogP contribution in [0.5, 0.6) is 0 Å². The van der Waals surface area contributed by atoms with Gasteiger partial charge < -0.3 is 14.8 Å². The molecule has 1 aliphatic heterocycles. The predicted molar refractivity (Wildman–Crippen MR) is 76.9 cm³/mol. The molecule has 1 amide bonds. The van der Waals surface area contributed by atoms with Crippen LogP contribution in [0.1, 0.15) is 26.7 Å². The molecule has 1 saturated heterocycles. The Morgan fingerprint density at radius 2 is 2.11 bits per heavy atom. The number of nitrogens with zero attached hydrogens (tertiary/aromatic N) is 2. The lowest BCUT2D eigenvalue weighted by atomic mass is 9.81. The van der Waals surface area contributed by atoms with Crippen molar-refractivity contribution in [2.24, 2.45) is 5.41 Å². The first-order valence-corrected chi connectivity index (χ1v) is 7.25. The van der Waals surface area contributed by atoms with Crippen molar-refractivity contribution in [2.75, 3.05) is 26.2 Å².